The molecule has 4 N–H and O–H groups in total. The van der Waals surface area contributed by atoms with Gasteiger partial charge in [-0.05, 0) is 19.8 Å². The van der Waals surface area contributed by atoms with Crippen molar-refractivity contribution in [3.05, 3.63) is 0 Å². The number of hydrogen-bond donors (Lipinski definition) is 3. The fourth-order valence-corrected chi connectivity index (χ4v) is 3.06. The summed E-state index contributed by atoms with van der Waals surface area (Å²) >= 11 is 0. The van der Waals surface area contributed by atoms with E-state index in [1.165, 1.54) is 64.2 Å². The number of amides is 2. The minimum absolute atomic E-state index is 0.0544. The second-order valence-electron chi connectivity index (χ2n) is 7.57. The van der Waals surface area contributed by atoms with Crippen LogP contribution < -0.4 is 11.1 Å². The standard InChI is InChI=1S/C21H42N2O3/c1-19(24)18-23-21(26)17-15-13-11-9-7-5-3-2-4-6-8-10-12-14-16-20(22)25/h19,24H,2-18H2,1H3,(H2,22,25)(H,23,26). The predicted octanol–water partition coefficient (Wildman–Crippen LogP) is 4.21. The molecule has 1 unspecified atom stereocenters. The zero-order chi connectivity index (χ0) is 19.5. The van der Waals surface area contributed by atoms with E-state index in [-0.39, 0.29) is 11.8 Å². The molecule has 154 valence electrons. The number of nitrogens with two attached hydrogens (primary N) is 1. The molecule has 0 aliphatic carbocycles. The minimum Gasteiger partial charge on any atom is -0.392 e. The Kier molecular flexibility index (Phi) is 17.9. The quantitative estimate of drug-likeness (QED) is 0.297. The van der Waals surface area contributed by atoms with Gasteiger partial charge in [-0.25, -0.2) is 0 Å². The van der Waals surface area contributed by atoms with Gasteiger partial charge >= 0.3 is 0 Å². The van der Waals surface area contributed by atoms with Crippen LogP contribution in [0.25, 0.3) is 0 Å². The van der Waals surface area contributed by atoms with Crippen molar-refractivity contribution >= 4 is 11.8 Å². The lowest BCUT2D eigenvalue weighted by molar-refractivity contribution is -0.121. The maximum atomic E-state index is 11.5. The molecular formula is C21H42N2O3. The van der Waals surface area contributed by atoms with E-state index in [2.05, 4.69) is 5.32 Å². The van der Waals surface area contributed by atoms with Gasteiger partial charge < -0.3 is 16.2 Å². The van der Waals surface area contributed by atoms with Crippen LogP contribution in [0.1, 0.15) is 110 Å². The number of aliphatic hydroxyl groups is 1. The van der Waals surface area contributed by atoms with Crippen molar-refractivity contribution in [1.82, 2.24) is 5.32 Å². The molecule has 5 heteroatoms. The molecule has 0 aromatic carbocycles. The molecule has 0 saturated carbocycles. The Labute approximate surface area is 160 Å². The van der Waals surface area contributed by atoms with E-state index in [1.807, 2.05) is 0 Å². The number of primary amides is 1. The first-order chi connectivity index (χ1) is 12.5. The van der Waals surface area contributed by atoms with Crippen molar-refractivity contribution in [3.8, 4) is 0 Å². The summed E-state index contributed by atoms with van der Waals surface area (Å²) in [6, 6.07) is 0. The first-order valence-corrected chi connectivity index (χ1v) is 10.8. The molecule has 26 heavy (non-hydrogen) atoms. The third-order valence-electron chi connectivity index (χ3n) is 4.67. The molecule has 0 bridgehead atoms. The fraction of sp³-hybridized carbons (Fsp3) is 0.905. The van der Waals surface area contributed by atoms with Crippen LogP contribution in [0.15, 0.2) is 0 Å². The summed E-state index contributed by atoms with van der Waals surface area (Å²) in [7, 11) is 0. The molecule has 0 radical (unpaired) electrons. The number of carbonyl (C=O) groups is 2. The Morgan fingerprint density at radius 1 is 0.731 bits per heavy atom. The zero-order valence-corrected chi connectivity index (χ0v) is 16.9. The summed E-state index contributed by atoms with van der Waals surface area (Å²) in [6.45, 7) is 2.03. The first kappa shape index (κ1) is 24.9. The smallest absolute Gasteiger partial charge is 0.220 e. The van der Waals surface area contributed by atoms with Gasteiger partial charge in [0.2, 0.25) is 11.8 Å². The lowest BCUT2D eigenvalue weighted by atomic mass is 10.0. The maximum absolute atomic E-state index is 11.5. The molecule has 0 rings (SSSR count). The molecule has 0 fully saturated rings. The summed E-state index contributed by atoms with van der Waals surface area (Å²) in [4.78, 5) is 22.1. The average molecular weight is 371 g/mol. The number of rotatable bonds is 19. The Bertz CT molecular complexity index is 346. The molecule has 1 atom stereocenters. The van der Waals surface area contributed by atoms with Crippen molar-refractivity contribution < 1.29 is 14.7 Å². The normalized spacial score (nSPS) is 12.1. The SMILES string of the molecule is CC(O)CNC(=O)CCCCCCCCCCCCCCCCC(N)=O. The molecule has 0 aromatic heterocycles. The second kappa shape index (κ2) is 18.7. The van der Waals surface area contributed by atoms with E-state index in [0.29, 0.717) is 19.4 Å². The number of unbranched alkanes of at least 4 members (excludes halogenated alkanes) is 13. The Balaban J connectivity index is 3.11. The lowest BCUT2D eigenvalue weighted by Gasteiger charge is -2.07. The number of hydrogen-bond acceptors (Lipinski definition) is 3. The Morgan fingerprint density at radius 2 is 1.08 bits per heavy atom. The zero-order valence-electron chi connectivity index (χ0n) is 16.9. The van der Waals surface area contributed by atoms with E-state index in [9.17, 15) is 9.59 Å². The lowest BCUT2D eigenvalue weighted by Crippen LogP contribution is -2.30. The first-order valence-electron chi connectivity index (χ1n) is 10.8. The molecule has 2 amide bonds. The molecular weight excluding hydrogens is 328 g/mol. The van der Waals surface area contributed by atoms with Crippen molar-refractivity contribution in [2.75, 3.05) is 6.54 Å². The van der Waals surface area contributed by atoms with Crippen LogP contribution in [-0.2, 0) is 9.59 Å². The number of aliphatic hydroxyl groups excluding tert-OH is 1. The van der Waals surface area contributed by atoms with Gasteiger partial charge in [-0.15, -0.1) is 0 Å². The number of carbonyl (C=O) groups excluding carboxylic acids is 2. The van der Waals surface area contributed by atoms with Gasteiger partial charge in [0.25, 0.3) is 0 Å². The molecule has 0 saturated heterocycles. The van der Waals surface area contributed by atoms with Crippen LogP contribution in [0.3, 0.4) is 0 Å². The maximum Gasteiger partial charge on any atom is 0.220 e. The van der Waals surface area contributed by atoms with Crippen LogP contribution in [0.5, 0.6) is 0 Å². The summed E-state index contributed by atoms with van der Waals surface area (Å²) in [5.74, 6) is -0.123. The van der Waals surface area contributed by atoms with Crippen LogP contribution >= 0.6 is 0 Å². The third-order valence-corrected chi connectivity index (χ3v) is 4.67. The van der Waals surface area contributed by atoms with Crippen molar-refractivity contribution in [1.29, 1.82) is 0 Å². The second-order valence-corrected chi connectivity index (χ2v) is 7.57. The van der Waals surface area contributed by atoms with Gasteiger partial charge in [-0.3, -0.25) is 9.59 Å². The topological polar surface area (TPSA) is 92.4 Å². The highest BCUT2D eigenvalue weighted by atomic mass is 16.3. The van der Waals surface area contributed by atoms with Crippen LogP contribution in [0.4, 0.5) is 0 Å². The summed E-state index contributed by atoms with van der Waals surface area (Å²) in [5, 5.41) is 11.8. The van der Waals surface area contributed by atoms with E-state index >= 15 is 0 Å². The van der Waals surface area contributed by atoms with Crippen LogP contribution in [-0.4, -0.2) is 29.6 Å². The highest BCUT2D eigenvalue weighted by molar-refractivity contribution is 5.75. The van der Waals surface area contributed by atoms with Gasteiger partial charge in [-0.2, -0.15) is 0 Å². The molecule has 0 aliphatic rings. The summed E-state index contributed by atoms with van der Waals surface area (Å²) in [5.41, 5.74) is 5.12. The molecule has 0 spiro atoms. The van der Waals surface area contributed by atoms with Crippen molar-refractivity contribution in [2.45, 2.75) is 116 Å². The highest BCUT2D eigenvalue weighted by Crippen LogP contribution is 2.13. The average Bonchev–Trinajstić information content (AvgIpc) is 2.59. The van der Waals surface area contributed by atoms with E-state index < -0.39 is 6.10 Å². The largest absolute Gasteiger partial charge is 0.392 e. The van der Waals surface area contributed by atoms with Crippen LogP contribution in [0, 0.1) is 0 Å². The fourth-order valence-electron chi connectivity index (χ4n) is 3.06. The van der Waals surface area contributed by atoms with Gasteiger partial charge in [0.15, 0.2) is 0 Å². The molecule has 0 aromatic rings. The van der Waals surface area contributed by atoms with E-state index in [1.54, 1.807) is 6.92 Å². The van der Waals surface area contributed by atoms with E-state index in [4.69, 9.17) is 10.8 Å². The number of nitrogens with one attached hydrogen (secondary N) is 1. The Hall–Kier alpha value is -1.10. The van der Waals surface area contributed by atoms with Crippen molar-refractivity contribution in [3.63, 3.8) is 0 Å². The van der Waals surface area contributed by atoms with Gasteiger partial charge in [0, 0.05) is 19.4 Å². The predicted molar refractivity (Wildman–Crippen MR) is 108 cm³/mol. The third kappa shape index (κ3) is 20.9. The van der Waals surface area contributed by atoms with Gasteiger partial charge in [0.1, 0.15) is 0 Å². The molecule has 0 heterocycles. The van der Waals surface area contributed by atoms with E-state index in [0.717, 1.165) is 25.7 Å². The highest BCUT2D eigenvalue weighted by Gasteiger charge is 2.02. The molecule has 5 nitrogen and oxygen atoms in total. The monoisotopic (exact) mass is 370 g/mol. The summed E-state index contributed by atoms with van der Waals surface area (Å²) < 4.78 is 0. The molecule has 0 aliphatic heterocycles. The van der Waals surface area contributed by atoms with Gasteiger partial charge in [-0.1, -0.05) is 77.0 Å². The Morgan fingerprint density at radius 3 is 1.42 bits per heavy atom. The van der Waals surface area contributed by atoms with Crippen molar-refractivity contribution in [2.24, 2.45) is 5.73 Å². The van der Waals surface area contributed by atoms with Crippen LogP contribution in [0.2, 0.25) is 0 Å². The van der Waals surface area contributed by atoms with Gasteiger partial charge in [0.05, 0.1) is 6.10 Å². The summed E-state index contributed by atoms with van der Waals surface area (Å²) in [6.07, 6.45) is 17.8. The minimum atomic E-state index is -0.466.